The third-order valence-electron chi connectivity index (χ3n) is 2.25. The zero-order valence-corrected chi connectivity index (χ0v) is 14.3. The fourth-order valence-corrected chi connectivity index (χ4v) is 2.33. The highest BCUT2D eigenvalue weighted by molar-refractivity contribution is 9.10. The predicted molar refractivity (Wildman–Crippen MR) is 81.1 cm³/mol. The molecule has 0 N–H and O–H groups in total. The molecule has 0 unspecified atom stereocenters. The van der Waals surface area contributed by atoms with Gasteiger partial charge in [0.05, 0.1) is 0 Å². The van der Waals surface area contributed by atoms with E-state index >= 15 is 0 Å². The Labute approximate surface area is 133 Å². The summed E-state index contributed by atoms with van der Waals surface area (Å²) in [6.07, 6.45) is 3.29. The lowest BCUT2D eigenvalue weighted by molar-refractivity contribution is 0.212. The predicted octanol–water partition coefficient (Wildman–Crippen LogP) is 4.39. The first-order chi connectivity index (χ1) is 9.63. The second kappa shape index (κ2) is 7.90. The van der Waals surface area contributed by atoms with Gasteiger partial charge in [-0.3, -0.25) is 0 Å². The normalized spacial score (nSPS) is 10.5. The molecule has 5 nitrogen and oxygen atoms in total. The molecule has 0 aliphatic heterocycles. The Hall–Kier alpha value is -0.720. The molecule has 0 saturated heterocycles. The summed E-state index contributed by atoms with van der Waals surface area (Å²) in [7, 11) is -2.17. The van der Waals surface area contributed by atoms with E-state index < -0.39 is 8.25 Å². The fourth-order valence-electron chi connectivity index (χ4n) is 1.28. The zero-order valence-electron chi connectivity index (χ0n) is 10.2. The van der Waals surface area contributed by atoms with Crippen LogP contribution in [0.15, 0.2) is 45.9 Å². The number of rotatable bonds is 6. The average Bonchev–Trinajstić information content (AvgIpc) is 2.46. The SMILES string of the molecule is O=[P+](OCc1ccc(Br)nc1)OCc1ccc(Br)nc1. The van der Waals surface area contributed by atoms with Crippen molar-refractivity contribution in [1.29, 1.82) is 0 Å². The maximum absolute atomic E-state index is 11.6. The van der Waals surface area contributed by atoms with Crippen molar-refractivity contribution < 1.29 is 13.6 Å². The molecule has 0 saturated carbocycles. The van der Waals surface area contributed by atoms with E-state index in [1.807, 2.05) is 12.1 Å². The minimum atomic E-state index is -2.17. The van der Waals surface area contributed by atoms with Crippen molar-refractivity contribution in [3.8, 4) is 0 Å². The van der Waals surface area contributed by atoms with Crippen LogP contribution in [0.3, 0.4) is 0 Å². The minimum Gasteiger partial charge on any atom is -0.249 e. The van der Waals surface area contributed by atoms with Crippen molar-refractivity contribution in [2.24, 2.45) is 0 Å². The van der Waals surface area contributed by atoms with Crippen molar-refractivity contribution in [3.05, 3.63) is 57.0 Å². The third kappa shape index (κ3) is 5.34. The van der Waals surface area contributed by atoms with E-state index in [1.54, 1.807) is 24.5 Å². The van der Waals surface area contributed by atoms with Gasteiger partial charge in [0.25, 0.3) is 0 Å². The van der Waals surface area contributed by atoms with Crippen molar-refractivity contribution in [2.45, 2.75) is 13.2 Å². The Morgan fingerprint density at radius 2 is 1.35 bits per heavy atom. The summed E-state index contributed by atoms with van der Waals surface area (Å²) in [5, 5.41) is 0. The lowest BCUT2D eigenvalue weighted by Gasteiger charge is -1.96. The van der Waals surface area contributed by atoms with Gasteiger partial charge in [-0.2, -0.15) is 0 Å². The largest absolute Gasteiger partial charge is 0.698 e. The van der Waals surface area contributed by atoms with E-state index in [2.05, 4.69) is 41.8 Å². The van der Waals surface area contributed by atoms with Crippen LogP contribution in [0.2, 0.25) is 0 Å². The first-order valence-corrected chi connectivity index (χ1v) is 8.25. The quantitative estimate of drug-likeness (QED) is 0.512. The van der Waals surface area contributed by atoms with Crippen LogP contribution in [0, 0.1) is 0 Å². The highest BCUT2D eigenvalue weighted by Crippen LogP contribution is 2.27. The molecule has 0 radical (unpaired) electrons. The van der Waals surface area contributed by atoms with Gasteiger partial charge in [-0.1, -0.05) is 12.1 Å². The lowest BCUT2D eigenvalue weighted by atomic mass is 10.3. The van der Waals surface area contributed by atoms with E-state index in [4.69, 9.17) is 9.05 Å². The summed E-state index contributed by atoms with van der Waals surface area (Å²) in [4.78, 5) is 8.09. The molecule has 0 aliphatic carbocycles. The highest BCUT2D eigenvalue weighted by Gasteiger charge is 2.20. The third-order valence-corrected chi connectivity index (χ3v) is 3.87. The first-order valence-electron chi connectivity index (χ1n) is 5.57. The van der Waals surface area contributed by atoms with Crippen LogP contribution in [-0.2, 0) is 26.8 Å². The molecule has 2 aromatic heterocycles. The highest BCUT2D eigenvalue weighted by atomic mass is 79.9. The van der Waals surface area contributed by atoms with Crippen LogP contribution in [-0.4, -0.2) is 9.97 Å². The van der Waals surface area contributed by atoms with Crippen LogP contribution >= 0.6 is 40.1 Å². The maximum atomic E-state index is 11.6. The Kier molecular flexibility index (Phi) is 6.19. The number of pyridine rings is 2. The molecule has 2 heterocycles. The molecule has 0 spiro atoms. The Morgan fingerprint density at radius 3 is 1.70 bits per heavy atom. The van der Waals surface area contributed by atoms with E-state index in [1.165, 1.54) is 0 Å². The van der Waals surface area contributed by atoms with Gasteiger partial charge >= 0.3 is 8.25 Å². The van der Waals surface area contributed by atoms with Gasteiger partial charge < -0.3 is 0 Å². The Balaban J connectivity index is 1.75. The van der Waals surface area contributed by atoms with Crippen molar-refractivity contribution >= 4 is 40.1 Å². The number of halogens is 2. The molecule has 20 heavy (non-hydrogen) atoms. The summed E-state index contributed by atoms with van der Waals surface area (Å²) in [5.41, 5.74) is 1.65. The molecule has 0 bridgehead atoms. The zero-order chi connectivity index (χ0) is 14.4. The average molecular weight is 421 g/mol. The van der Waals surface area contributed by atoms with Crippen LogP contribution in [0.5, 0.6) is 0 Å². The van der Waals surface area contributed by atoms with Gasteiger partial charge in [0.15, 0.2) is 0 Å². The van der Waals surface area contributed by atoms with E-state index in [0.717, 1.165) is 20.3 Å². The lowest BCUT2D eigenvalue weighted by Crippen LogP contribution is -1.91. The van der Waals surface area contributed by atoms with Crippen molar-refractivity contribution in [2.75, 3.05) is 0 Å². The first kappa shape index (κ1) is 15.7. The van der Waals surface area contributed by atoms with Gasteiger partial charge in [0.2, 0.25) is 0 Å². The maximum Gasteiger partial charge on any atom is 0.698 e. The van der Waals surface area contributed by atoms with Gasteiger partial charge in [-0.05, 0) is 44.0 Å². The summed E-state index contributed by atoms with van der Waals surface area (Å²) >= 11 is 6.48. The molecule has 0 amide bonds. The molecule has 0 aliphatic rings. The monoisotopic (exact) mass is 419 g/mol. The summed E-state index contributed by atoms with van der Waals surface area (Å²) in [5.74, 6) is 0. The standard InChI is InChI=1S/C12H10Br2N2O3P/c13-11-3-1-9(5-15-11)7-18-20(17)19-8-10-2-4-12(14)16-6-10/h1-6H,7-8H2/q+1. The molecular weight excluding hydrogens is 411 g/mol. The molecular formula is C12H10Br2N2O3P+. The second-order valence-electron chi connectivity index (χ2n) is 3.75. The van der Waals surface area contributed by atoms with Gasteiger partial charge in [0, 0.05) is 28.1 Å². The van der Waals surface area contributed by atoms with Crippen molar-refractivity contribution in [3.63, 3.8) is 0 Å². The second-order valence-corrected chi connectivity index (χ2v) is 6.34. The molecule has 2 aromatic rings. The van der Waals surface area contributed by atoms with Crippen LogP contribution in [0.4, 0.5) is 0 Å². The molecule has 0 fully saturated rings. The number of hydrogen-bond acceptors (Lipinski definition) is 5. The summed E-state index contributed by atoms with van der Waals surface area (Å²) in [6.45, 7) is 0.377. The molecule has 8 heteroatoms. The number of aromatic nitrogens is 2. The molecule has 0 aromatic carbocycles. The van der Waals surface area contributed by atoms with Crippen molar-refractivity contribution in [1.82, 2.24) is 9.97 Å². The van der Waals surface area contributed by atoms with E-state index in [9.17, 15) is 4.57 Å². The van der Waals surface area contributed by atoms with E-state index in [0.29, 0.717) is 0 Å². The van der Waals surface area contributed by atoms with Crippen LogP contribution in [0.1, 0.15) is 11.1 Å². The van der Waals surface area contributed by atoms with E-state index in [-0.39, 0.29) is 13.2 Å². The molecule has 0 atom stereocenters. The minimum absolute atomic E-state index is 0.189. The van der Waals surface area contributed by atoms with Gasteiger partial charge in [-0.25, -0.2) is 9.97 Å². The van der Waals surface area contributed by atoms with Gasteiger partial charge in [-0.15, -0.1) is 9.05 Å². The van der Waals surface area contributed by atoms with Crippen LogP contribution < -0.4 is 0 Å². The Bertz CT molecular complexity index is 527. The molecule has 2 rings (SSSR count). The molecule has 104 valence electrons. The smallest absolute Gasteiger partial charge is 0.249 e. The number of hydrogen-bond donors (Lipinski definition) is 0. The number of nitrogens with zero attached hydrogens (tertiary/aromatic N) is 2. The fraction of sp³-hybridized carbons (Fsp3) is 0.167. The summed E-state index contributed by atoms with van der Waals surface area (Å²) in [6, 6.07) is 7.25. The Morgan fingerprint density at radius 1 is 0.900 bits per heavy atom. The summed E-state index contributed by atoms with van der Waals surface area (Å²) < 4.78 is 23.3. The van der Waals surface area contributed by atoms with Gasteiger partial charge in [0.1, 0.15) is 22.4 Å². The topological polar surface area (TPSA) is 61.3 Å². The van der Waals surface area contributed by atoms with Crippen LogP contribution in [0.25, 0.3) is 0 Å².